The summed E-state index contributed by atoms with van der Waals surface area (Å²) in [4.78, 5) is 0. The van der Waals surface area contributed by atoms with Crippen molar-refractivity contribution in [2.75, 3.05) is 39.6 Å². The molecule has 0 aromatic carbocycles. The van der Waals surface area contributed by atoms with Crippen LogP contribution in [0.15, 0.2) is 0 Å². The zero-order chi connectivity index (χ0) is 19.8. The Morgan fingerprint density at radius 1 is 0.815 bits per heavy atom. The second kappa shape index (κ2) is 11.1. The topological polar surface area (TPSA) is 77.4 Å². The normalized spacial score (nSPS) is 35.9. The Kier molecular flexibility index (Phi) is 9.45. The van der Waals surface area contributed by atoms with Gasteiger partial charge in [-0.25, -0.2) is 0 Å². The minimum absolute atomic E-state index is 0.119. The second-order valence-corrected chi connectivity index (χ2v) is 8.68. The highest BCUT2D eigenvalue weighted by molar-refractivity contribution is 4.81. The first-order valence-electron chi connectivity index (χ1n) is 10.7. The maximum absolute atomic E-state index is 9.54. The Balaban J connectivity index is 1.55. The van der Waals surface area contributed by atoms with Gasteiger partial charge in [-0.05, 0) is 32.1 Å². The lowest BCUT2D eigenvalue weighted by atomic mass is 9.87. The van der Waals surface area contributed by atoms with Gasteiger partial charge in [0.15, 0.2) is 12.6 Å². The van der Waals surface area contributed by atoms with Crippen LogP contribution in [-0.2, 0) is 18.9 Å². The number of ether oxygens (including phenoxy) is 4. The van der Waals surface area contributed by atoms with Gasteiger partial charge in [-0.2, -0.15) is 0 Å². The van der Waals surface area contributed by atoms with Gasteiger partial charge in [-0.3, -0.25) is 0 Å². The standard InChI is InChI=1S/C21H40O6/c1-4-20(11-22)13-24-18(25-14-20)10-8-6-7-9-17(3)19-26-15-21(5-2,12-23)16-27-19/h17-19,22-23H,4-16H2,1-3H3. The van der Waals surface area contributed by atoms with E-state index in [0.717, 1.165) is 44.9 Å². The summed E-state index contributed by atoms with van der Waals surface area (Å²) in [6, 6.07) is 0. The average Bonchev–Trinajstić information content (AvgIpc) is 2.74. The van der Waals surface area contributed by atoms with Crippen LogP contribution in [0, 0.1) is 16.7 Å². The van der Waals surface area contributed by atoms with Crippen molar-refractivity contribution >= 4 is 0 Å². The molecule has 0 aromatic heterocycles. The number of aliphatic hydroxyl groups excluding tert-OH is 2. The lowest BCUT2D eigenvalue weighted by Crippen LogP contribution is -2.45. The first kappa shape index (κ1) is 23.0. The highest BCUT2D eigenvalue weighted by atomic mass is 16.7. The van der Waals surface area contributed by atoms with Crippen molar-refractivity contribution in [3.8, 4) is 0 Å². The zero-order valence-corrected chi connectivity index (χ0v) is 17.5. The average molecular weight is 389 g/mol. The van der Waals surface area contributed by atoms with Gasteiger partial charge < -0.3 is 29.2 Å². The van der Waals surface area contributed by atoms with Crippen LogP contribution in [0.4, 0.5) is 0 Å². The summed E-state index contributed by atoms with van der Waals surface area (Å²) in [5.41, 5.74) is -0.432. The Morgan fingerprint density at radius 2 is 1.33 bits per heavy atom. The fraction of sp³-hybridized carbons (Fsp3) is 1.00. The maximum atomic E-state index is 9.54. The highest BCUT2D eigenvalue weighted by Crippen LogP contribution is 2.32. The number of hydrogen-bond donors (Lipinski definition) is 2. The van der Waals surface area contributed by atoms with E-state index in [4.69, 9.17) is 18.9 Å². The van der Waals surface area contributed by atoms with E-state index in [1.54, 1.807) is 0 Å². The quantitative estimate of drug-likeness (QED) is 0.530. The molecule has 6 nitrogen and oxygen atoms in total. The molecule has 1 atom stereocenters. The number of rotatable bonds is 11. The van der Waals surface area contributed by atoms with E-state index >= 15 is 0 Å². The van der Waals surface area contributed by atoms with Crippen molar-refractivity contribution in [3.63, 3.8) is 0 Å². The molecule has 2 fully saturated rings. The molecule has 6 heteroatoms. The molecule has 2 aliphatic heterocycles. The van der Waals surface area contributed by atoms with Gasteiger partial charge in [0, 0.05) is 16.7 Å². The van der Waals surface area contributed by atoms with Gasteiger partial charge in [-0.1, -0.05) is 33.6 Å². The summed E-state index contributed by atoms with van der Waals surface area (Å²) in [5.74, 6) is 0.357. The molecule has 2 N–H and O–H groups in total. The SMILES string of the molecule is CCC1(CO)COC(CCCCCC(C)C2OCC(CC)(CO)CO2)OC1. The van der Waals surface area contributed by atoms with Crippen molar-refractivity contribution in [3.05, 3.63) is 0 Å². The summed E-state index contributed by atoms with van der Waals surface area (Å²) >= 11 is 0. The van der Waals surface area contributed by atoms with E-state index in [1.165, 1.54) is 0 Å². The zero-order valence-electron chi connectivity index (χ0n) is 17.5. The molecule has 1 unspecified atom stereocenters. The van der Waals surface area contributed by atoms with Crippen molar-refractivity contribution in [2.24, 2.45) is 16.7 Å². The summed E-state index contributed by atoms with van der Waals surface area (Å²) in [7, 11) is 0. The van der Waals surface area contributed by atoms with E-state index < -0.39 is 0 Å². The molecule has 160 valence electrons. The molecule has 0 aromatic rings. The fourth-order valence-corrected chi connectivity index (χ4v) is 3.64. The maximum Gasteiger partial charge on any atom is 0.160 e. The highest BCUT2D eigenvalue weighted by Gasteiger charge is 2.37. The minimum atomic E-state index is -0.221. The van der Waals surface area contributed by atoms with Crippen LogP contribution in [0.2, 0.25) is 0 Å². The third-order valence-corrected chi connectivity index (χ3v) is 6.49. The minimum Gasteiger partial charge on any atom is -0.396 e. The third-order valence-electron chi connectivity index (χ3n) is 6.49. The number of aliphatic hydroxyl groups is 2. The van der Waals surface area contributed by atoms with Gasteiger partial charge in [0.05, 0.1) is 39.6 Å². The van der Waals surface area contributed by atoms with Gasteiger partial charge in [0.2, 0.25) is 0 Å². The Bertz CT molecular complexity index is 387. The molecule has 0 radical (unpaired) electrons. The summed E-state index contributed by atoms with van der Waals surface area (Å²) < 4.78 is 23.4. The largest absolute Gasteiger partial charge is 0.396 e. The molecule has 0 aliphatic carbocycles. The van der Waals surface area contributed by atoms with Crippen molar-refractivity contribution in [1.29, 1.82) is 0 Å². The van der Waals surface area contributed by atoms with Crippen LogP contribution in [0.25, 0.3) is 0 Å². The van der Waals surface area contributed by atoms with Crippen molar-refractivity contribution in [2.45, 2.75) is 78.3 Å². The lowest BCUT2D eigenvalue weighted by Gasteiger charge is -2.40. The predicted octanol–water partition coefficient (Wildman–Crippen LogP) is 3.10. The van der Waals surface area contributed by atoms with Crippen LogP contribution < -0.4 is 0 Å². The van der Waals surface area contributed by atoms with Crippen LogP contribution in [0.3, 0.4) is 0 Å². The van der Waals surface area contributed by atoms with Crippen LogP contribution in [-0.4, -0.2) is 62.4 Å². The van der Waals surface area contributed by atoms with Crippen LogP contribution in [0.5, 0.6) is 0 Å². The smallest absolute Gasteiger partial charge is 0.160 e. The Labute approximate surface area is 164 Å². The van der Waals surface area contributed by atoms with Gasteiger partial charge in [0.25, 0.3) is 0 Å². The molecule has 0 amide bonds. The molecule has 27 heavy (non-hydrogen) atoms. The van der Waals surface area contributed by atoms with Crippen LogP contribution >= 0.6 is 0 Å². The lowest BCUT2D eigenvalue weighted by molar-refractivity contribution is -0.255. The number of unbranched alkanes of at least 4 members (excludes halogenated alkanes) is 2. The van der Waals surface area contributed by atoms with Crippen molar-refractivity contribution < 1.29 is 29.2 Å². The Hall–Kier alpha value is -0.240. The molecule has 0 bridgehead atoms. The summed E-state index contributed by atoms with van der Waals surface area (Å²) in [6.07, 6.45) is 6.78. The summed E-state index contributed by atoms with van der Waals surface area (Å²) in [5, 5.41) is 19.0. The van der Waals surface area contributed by atoms with E-state index in [1.807, 2.05) is 0 Å². The van der Waals surface area contributed by atoms with E-state index in [2.05, 4.69) is 20.8 Å². The van der Waals surface area contributed by atoms with E-state index in [9.17, 15) is 10.2 Å². The third kappa shape index (κ3) is 6.38. The van der Waals surface area contributed by atoms with Gasteiger partial charge >= 0.3 is 0 Å². The van der Waals surface area contributed by atoms with E-state index in [-0.39, 0.29) is 36.6 Å². The molecule has 2 heterocycles. The Morgan fingerprint density at radius 3 is 1.81 bits per heavy atom. The fourth-order valence-electron chi connectivity index (χ4n) is 3.64. The van der Waals surface area contributed by atoms with Crippen molar-refractivity contribution in [1.82, 2.24) is 0 Å². The molecule has 2 aliphatic rings. The first-order valence-corrected chi connectivity index (χ1v) is 10.7. The van der Waals surface area contributed by atoms with E-state index in [0.29, 0.717) is 32.3 Å². The molecular formula is C21H40O6. The van der Waals surface area contributed by atoms with Crippen LogP contribution in [0.1, 0.15) is 65.7 Å². The summed E-state index contributed by atoms with van der Waals surface area (Å²) in [6.45, 7) is 8.89. The molecule has 2 rings (SSSR count). The second-order valence-electron chi connectivity index (χ2n) is 8.68. The first-order chi connectivity index (χ1) is 13.0. The molecule has 2 saturated heterocycles. The molecule has 0 spiro atoms. The van der Waals surface area contributed by atoms with Gasteiger partial charge in [-0.15, -0.1) is 0 Å². The monoisotopic (exact) mass is 388 g/mol. The molecular weight excluding hydrogens is 348 g/mol. The predicted molar refractivity (Wildman–Crippen MR) is 103 cm³/mol. The molecule has 0 saturated carbocycles. The number of hydrogen-bond acceptors (Lipinski definition) is 6. The van der Waals surface area contributed by atoms with Gasteiger partial charge in [0.1, 0.15) is 0 Å².